The second kappa shape index (κ2) is 6.38. The van der Waals surface area contributed by atoms with Gasteiger partial charge in [-0.25, -0.2) is 0 Å². The third-order valence-electron chi connectivity index (χ3n) is 4.57. The van der Waals surface area contributed by atoms with E-state index in [4.69, 9.17) is 9.47 Å². The molecule has 3 rings (SSSR count). The van der Waals surface area contributed by atoms with E-state index in [9.17, 15) is 9.59 Å². The Balaban J connectivity index is 1.58. The number of para-hydroxylation sites is 1. The number of piperidine rings is 1. The number of nitrogens with zero attached hydrogens (tertiary/aromatic N) is 1. The first kappa shape index (κ1) is 14.9. The molecule has 22 heavy (non-hydrogen) atoms. The molecule has 5 nitrogen and oxygen atoms in total. The number of methoxy groups -OCH3 is 1. The van der Waals surface area contributed by atoms with Crippen molar-refractivity contribution in [1.29, 1.82) is 0 Å². The molecule has 0 aromatic heterocycles. The van der Waals surface area contributed by atoms with Crippen LogP contribution in [0.25, 0.3) is 0 Å². The maximum Gasteiger partial charge on any atom is 0.308 e. The molecular formula is C17H21NO4. The number of carbonyl (C=O) groups is 2. The average Bonchev–Trinajstić information content (AvgIpc) is 2.60. The zero-order chi connectivity index (χ0) is 15.5. The van der Waals surface area contributed by atoms with Crippen molar-refractivity contribution in [2.45, 2.75) is 19.3 Å². The summed E-state index contributed by atoms with van der Waals surface area (Å²) in [6, 6.07) is 7.87. The Labute approximate surface area is 130 Å². The van der Waals surface area contributed by atoms with Gasteiger partial charge in [-0.1, -0.05) is 18.2 Å². The molecule has 1 fully saturated rings. The number of fused-ring (bicyclic) bond motifs is 1. The summed E-state index contributed by atoms with van der Waals surface area (Å²) >= 11 is 0. The molecule has 0 aliphatic carbocycles. The second-order valence-electron chi connectivity index (χ2n) is 5.94. The van der Waals surface area contributed by atoms with Gasteiger partial charge < -0.3 is 14.4 Å². The molecule has 0 spiro atoms. The van der Waals surface area contributed by atoms with Gasteiger partial charge in [-0.2, -0.15) is 0 Å². The van der Waals surface area contributed by atoms with Crippen LogP contribution in [0.3, 0.4) is 0 Å². The molecule has 0 saturated carbocycles. The number of rotatable bonds is 2. The van der Waals surface area contributed by atoms with E-state index in [-0.39, 0.29) is 23.7 Å². The zero-order valence-electron chi connectivity index (χ0n) is 12.8. The number of likely N-dealkylation sites (tertiary alicyclic amines) is 1. The summed E-state index contributed by atoms with van der Waals surface area (Å²) in [5.74, 6) is 0.665. The number of carbonyl (C=O) groups excluding carboxylic acids is 2. The molecule has 2 aliphatic heterocycles. The van der Waals surface area contributed by atoms with E-state index in [0.717, 1.165) is 17.7 Å². The summed E-state index contributed by atoms with van der Waals surface area (Å²) in [7, 11) is 1.41. The number of benzene rings is 1. The number of ether oxygens (including phenoxy) is 2. The lowest BCUT2D eigenvalue weighted by molar-refractivity contribution is -0.149. The van der Waals surface area contributed by atoms with Gasteiger partial charge in [0.2, 0.25) is 5.91 Å². The molecule has 1 aromatic rings. The molecule has 1 aromatic carbocycles. The zero-order valence-corrected chi connectivity index (χ0v) is 12.8. The monoisotopic (exact) mass is 303 g/mol. The van der Waals surface area contributed by atoms with Crippen molar-refractivity contribution >= 4 is 11.9 Å². The second-order valence-corrected chi connectivity index (χ2v) is 5.94. The molecule has 1 unspecified atom stereocenters. The molecule has 1 atom stereocenters. The number of amides is 1. The highest BCUT2D eigenvalue weighted by molar-refractivity contribution is 5.80. The normalized spacial score (nSPS) is 21.7. The average molecular weight is 303 g/mol. The Hall–Kier alpha value is -2.04. The van der Waals surface area contributed by atoms with E-state index in [1.165, 1.54) is 7.11 Å². The molecule has 5 heteroatoms. The van der Waals surface area contributed by atoms with E-state index in [2.05, 4.69) is 0 Å². The highest BCUT2D eigenvalue weighted by Gasteiger charge is 2.33. The minimum absolute atomic E-state index is 0.0719. The Bertz CT molecular complexity index is 564. The van der Waals surface area contributed by atoms with Crippen LogP contribution in [-0.2, 0) is 20.7 Å². The van der Waals surface area contributed by atoms with Gasteiger partial charge in [0.1, 0.15) is 12.4 Å². The molecular weight excluding hydrogens is 282 g/mol. The first-order valence-corrected chi connectivity index (χ1v) is 7.76. The van der Waals surface area contributed by atoms with Crippen LogP contribution in [0.5, 0.6) is 5.75 Å². The fourth-order valence-electron chi connectivity index (χ4n) is 3.25. The maximum atomic E-state index is 12.6. The molecule has 0 radical (unpaired) electrons. The van der Waals surface area contributed by atoms with Crippen molar-refractivity contribution in [3.05, 3.63) is 29.8 Å². The molecule has 2 aliphatic rings. The highest BCUT2D eigenvalue weighted by Crippen LogP contribution is 2.29. The molecule has 0 N–H and O–H groups in total. The summed E-state index contributed by atoms with van der Waals surface area (Å²) in [4.78, 5) is 26.0. The molecule has 0 bridgehead atoms. The summed E-state index contributed by atoms with van der Waals surface area (Å²) in [6.45, 7) is 1.68. The van der Waals surface area contributed by atoms with Crippen molar-refractivity contribution < 1.29 is 19.1 Å². The van der Waals surface area contributed by atoms with Crippen LogP contribution in [-0.4, -0.2) is 43.6 Å². The fourth-order valence-corrected chi connectivity index (χ4v) is 3.25. The van der Waals surface area contributed by atoms with E-state index in [0.29, 0.717) is 32.5 Å². The number of hydrogen-bond donors (Lipinski definition) is 0. The lowest BCUT2D eigenvalue weighted by Gasteiger charge is -2.34. The standard InChI is InChI=1S/C17H21NO4/c1-21-17(20)12-6-8-18(9-7-12)16(19)14-10-13-4-2-3-5-15(13)22-11-14/h2-5,12,14H,6-11H2,1H3. The predicted molar refractivity (Wildman–Crippen MR) is 80.5 cm³/mol. The maximum absolute atomic E-state index is 12.6. The van der Waals surface area contributed by atoms with Gasteiger partial charge in [0.15, 0.2) is 0 Å². The van der Waals surface area contributed by atoms with Crippen LogP contribution in [0.4, 0.5) is 0 Å². The summed E-state index contributed by atoms with van der Waals surface area (Å²) < 4.78 is 10.5. The van der Waals surface area contributed by atoms with Gasteiger partial charge in [0, 0.05) is 13.1 Å². The van der Waals surface area contributed by atoms with Crippen LogP contribution in [0.2, 0.25) is 0 Å². The van der Waals surface area contributed by atoms with E-state index in [1.54, 1.807) is 0 Å². The van der Waals surface area contributed by atoms with E-state index < -0.39 is 0 Å². The Morgan fingerprint density at radius 2 is 1.91 bits per heavy atom. The first-order chi connectivity index (χ1) is 10.7. The molecule has 1 saturated heterocycles. The summed E-state index contributed by atoms with van der Waals surface area (Å²) in [5, 5.41) is 0. The van der Waals surface area contributed by atoms with E-state index >= 15 is 0 Å². The van der Waals surface area contributed by atoms with Crippen LogP contribution in [0.1, 0.15) is 18.4 Å². The van der Waals surface area contributed by atoms with Gasteiger partial charge in [0.05, 0.1) is 18.9 Å². The topological polar surface area (TPSA) is 55.8 Å². The van der Waals surface area contributed by atoms with Crippen molar-refractivity contribution in [2.24, 2.45) is 11.8 Å². The molecule has 2 heterocycles. The van der Waals surface area contributed by atoms with Crippen molar-refractivity contribution in [3.63, 3.8) is 0 Å². The van der Waals surface area contributed by atoms with Crippen LogP contribution >= 0.6 is 0 Å². The van der Waals surface area contributed by atoms with Gasteiger partial charge in [-0.05, 0) is 30.9 Å². The van der Waals surface area contributed by atoms with Crippen molar-refractivity contribution in [1.82, 2.24) is 4.90 Å². The first-order valence-electron chi connectivity index (χ1n) is 7.76. The fraction of sp³-hybridized carbons (Fsp3) is 0.529. The number of hydrogen-bond acceptors (Lipinski definition) is 4. The van der Waals surface area contributed by atoms with Gasteiger partial charge in [-0.3, -0.25) is 9.59 Å². The Morgan fingerprint density at radius 1 is 1.18 bits per heavy atom. The predicted octanol–water partition coefficient (Wildman–Crippen LogP) is 1.65. The van der Waals surface area contributed by atoms with Gasteiger partial charge in [-0.15, -0.1) is 0 Å². The van der Waals surface area contributed by atoms with Crippen LogP contribution in [0, 0.1) is 11.8 Å². The van der Waals surface area contributed by atoms with E-state index in [1.807, 2.05) is 29.2 Å². The van der Waals surface area contributed by atoms with Crippen molar-refractivity contribution in [2.75, 3.05) is 26.8 Å². The third kappa shape index (κ3) is 2.93. The van der Waals surface area contributed by atoms with Crippen molar-refractivity contribution in [3.8, 4) is 5.75 Å². The minimum Gasteiger partial charge on any atom is -0.492 e. The lowest BCUT2D eigenvalue weighted by atomic mass is 9.92. The number of esters is 1. The van der Waals surface area contributed by atoms with Crippen LogP contribution < -0.4 is 4.74 Å². The summed E-state index contributed by atoms with van der Waals surface area (Å²) in [5.41, 5.74) is 1.09. The van der Waals surface area contributed by atoms with Gasteiger partial charge in [0.25, 0.3) is 0 Å². The molecule has 1 amide bonds. The quantitative estimate of drug-likeness (QED) is 0.780. The Kier molecular flexibility index (Phi) is 4.32. The SMILES string of the molecule is COC(=O)C1CCN(C(=O)C2COc3ccccc3C2)CC1. The highest BCUT2D eigenvalue weighted by atomic mass is 16.5. The summed E-state index contributed by atoms with van der Waals surface area (Å²) in [6.07, 6.45) is 2.09. The third-order valence-corrected chi connectivity index (χ3v) is 4.57. The van der Waals surface area contributed by atoms with Crippen LogP contribution in [0.15, 0.2) is 24.3 Å². The minimum atomic E-state index is -0.165. The van der Waals surface area contributed by atoms with Gasteiger partial charge >= 0.3 is 5.97 Å². The lowest BCUT2D eigenvalue weighted by Crippen LogP contribution is -2.45. The smallest absolute Gasteiger partial charge is 0.308 e. The largest absolute Gasteiger partial charge is 0.492 e. The Morgan fingerprint density at radius 3 is 2.64 bits per heavy atom. The molecule has 118 valence electrons.